The van der Waals surface area contributed by atoms with Crippen LogP contribution in [0.1, 0.15) is 36.0 Å². The SMILES string of the molecule is CS(=O)(=O)NCCC1CCCCN1C(=O)c1ccc(F)cc1Br. The van der Waals surface area contributed by atoms with Crippen molar-refractivity contribution in [2.75, 3.05) is 19.3 Å². The van der Waals surface area contributed by atoms with Crippen molar-refractivity contribution < 1.29 is 17.6 Å². The molecule has 0 radical (unpaired) electrons. The van der Waals surface area contributed by atoms with Crippen LogP contribution in [0.5, 0.6) is 0 Å². The summed E-state index contributed by atoms with van der Waals surface area (Å²) in [5.74, 6) is -0.554. The number of nitrogens with zero attached hydrogens (tertiary/aromatic N) is 1. The summed E-state index contributed by atoms with van der Waals surface area (Å²) < 4.78 is 38.4. The summed E-state index contributed by atoms with van der Waals surface area (Å²) in [6.45, 7) is 0.935. The Hall–Kier alpha value is -0.990. The molecule has 128 valence electrons. The molecule has 1 N–H and O–H groups in total. The fourth-order valence-corrected chi connectivity index (χ4v) is 3.81. The second-order valence-electron chi connectivity index (χ2n) is 5.73. The predicted octanol–water partition coefficient (Wildman–Crippen LogP) is 2.52. The number of nitrogens with one attached hydrogen (secondary N) is 1. The van der Waals surface area contributed by atoms with Gasteiger partial charge in [-0.1, -0.05) is 0 Å². The Labute approximate surface area is 144 Å². The van der Waals surface area contributed by atoms with Gasteiger partial charge in [0, 0.05) is 23.6 Å². The highest BCUT2D eigenvalue weighted by Crippen LogP contribution is 2.25. The molecule has 1 fully saturated rings. The third-order valence-electron chi connectivity index (χ3n) is 3.89. The Morgan fingerprint density at radius 1 is 1.43 bits per heavy atom. The molecule has 1 aromatic carbocycles. The molecule has 1 heterocycles. The van der Waals surface area contributed by atoms with Gasteiger partial charge >= 0.3 is 0 Å². The zero-order chi connectivity index (χ0) is 17.0. The monoisotopic (exact) mass is 406 g/mol. The molecule has 1 atom stereocenters. The van der Waals surface area contributed by atoms with E-state index in [9.17, 15) is 17.6 Å². The van der Waals surface area contributed by atoms with Crippen molar-refractivity contribution >= 4 is 31.9 Å². The van der Waals surface area contributed by atoms with Crippen LogP contribution in [0.25, 0.3) is 0 Å². The molecule has 1 aliphatic rings. The Morgan fingerprint density at radius 3 is 2.83 bits per heavy atom. The van der Waals surface area contributed by atoms with E-state index >= 15 is 0 Å². The minimum atomic E-state index is -3.23. The topological polar surface area (TPSA) is 66.5 Å². The molecule has 8 heteroatoms. The number of carbonyl (C=O) groups excluding carboxylic acids is 1. The van der Waals surface area contributed by atoms with Crippen molar-refractivity contribution in [1.29, 1.82) is 0 Å². The summed E-state index contributed by atoms with van der Waals surface area (Å²) in [5, 5.41) is 0. The minimum absolute atomic E-state index is 0.0116. The van der Waals surface area contributed by atoms with Crippen molar-refractivity contribution in [3.8, 4) is 0 Å². The van der Waals surface area contributed by atoms with Crippen LogP contribution in [0.15, 0.2) is 22.7 Å². The van der Waals surface area contributed by atoms with E-state index < -0.39 is 15.8 Å². The molecule has 23 heavy (non-hydrogen) atoms. The number of benzene rings is 1. The lowest BCUT2D eigenvalue weighted by molar-refractivity contribution is 0.0603. The fourth-order valence-electron chi connectivity index (χ4n) is 2.80. The molecule has 0 aliphatic carbocycles. The van der Waals surface area contributed by atoms with E-state index in [0.717, 1.165) is 25.5 Å². The summed E-state index contributed by atoms with van der Waals surface area (Å²) in [5.41, 5.74) is 0.425. The number of likely N-dealkylation sites (tertiary alicyclic amines) is 1. The first-order chi connectivity index (χ1) is 10.8. The van der Waals surface area contributed by atoms with Gasteiger partial charge in [-0.15, -0.1) is 0 Å². The average molecular weight is 407 g/mol. The van der Waals surface area contributed by atoms with Crippen LogP contribution >= 0.6 is 15.9 Å². The van der Waals surface area contributed by atoms with E-state index in [0.29, 0.717) is 29.5 Å². The van der Waals surface area contributed by atoms with E-state index in [-0.39, 0.29) is 11.9 Å². The molecule has 0 aromatic heterocycles. The van der Waals surface area contributed by atoms with E-state index in [1.54, 1.807) is 4.90 Å². The van der Waals surface area contributed by atoms with Gasteiger partial charge in [-0.25, -0.2) is 17.5 Å². The molecule has 0 bridgehead atoms. The summed E-state index contributed by atoms with van der Waals surface area (Å²) >= 11 is 3.23. The second-order valence-corrected chi connectivity index (χ2v) is 8.41. The number of sulfonamides is 1. The third kappa shape index (κ3) is 5.26. The number of rotatable bonds is 5. The van der Waals surface area contributed by atoms with Crippen LogP contribution in [-0.2, 0) is 10.0 Å². The normalized spacial score (nSPS) is 18.9. The molecule has 5 nitrogen and oxygen atoms in total. The highest BCUT2D eigenvalue weighted by atomic mass is 79.9. The maximum Gasteiger partial charge on any atom is 0.255 e. The number of hydrogen-bond acceptors (Lipinski definition) is 3. The highest BCUT2D eigenvalue weighted by Gasteiger charge is 2.28. The molecule has 1 unspecified atom stereocenters. The molecule has 1 amide bonds. The largest absolute Gasteiger partial charge is 0.336 e. The lowest BCUT2D eigenvalue weighted by atomic mass is 9.98. The summed E-state index contributed by atoms with van der Waals surface area (Å²) in [6, 6.07) is 4.00. The number of halogens is 2. The first-order valence-electron chi connectivity index (χ1n) is 7.48. The third-order valence-corrected chi connectivity index (χ3v) is 5.28. The zero-order valence-electron chi connectivity index (χ0n) is 12.9. The van der Waals surface area contributed by atoms with E-state index in [4.69, 9.17) is 0 Å². The first-order valence-corrected chi connectivity index (χ1v) is 10.2. The molecule has 0 saturated carbocycles. The van der Waals surface area contributed by atoms with E-state index in [1.165, 1.54) is 18.2 Å². The van der Waals surface area contributed by atoms with Gasteiger partial charge in [-0.2, -0.15) is 0 Å². The minimum Gasteiger partial charge on any atom is -0.336 e. The van der Waals surface area contributed by atoms with Crippen LogP contribution in [0.2, 0.25) is 0 Å². The van der Waals surface area contributed by atoms with Crippen molar-refractivity contribution in [1.82, 2.24) is 9.62 Å². The van der Waals surface area contributed by atoms with Crippen LogP contribution < -0.4 is 4.72 Å². The van der Waals surface area contributed by atoms with Gasteiger partial charge < -0.3 is 4.90 Å². The van der Waals surface area contributed by atoms with Crippen LogP contribution in [0, 0.1) is 5.82 Å². The molecular weight excluding hydrogens is 387 g/mol. The Kier molecular flexibility index (Phi) is 6.16. The van der Waals surface area contributed by atoms with Gasteiger partial charge in [0.15, 0.2) is 0 Å². The maximum atomic E-state index is 13.2. The first kappa shape index (κ1) is 18.4. The molecular formula is C15H20BrFN2O3S. The van der Waals surface area contributed by atoms with Crippen molar-refractivity contribution in [3.63, 3.8) is 0 Å². The fraction of sp³-hybridized carbons (Fsp3) is 0.533. The lowest BCUT2D eigenvalue weighted by Crippen LogP contribution is -2.45. The van der Waals surface area contributed by atoms with Gasteiger partial charge in [0.25, 0.3) is 5.91 Å². The molecule has 0 spiro atoms. The lowest BCUT2D eigenvalue weighted by Gasteiger charge is -2.36. The van der Waals surface area contributed by atoms with E-state index in [2.05, 4.69) is 20.7 Å². The van der Waals surface area contributed by atoms with Crippen LogP contribution in [0.4, 0.5) is 4.39 Å². The summed E-state index contributed by atoms with van der Waals surface area (Å²) in [7, 11) is -3.23. The van der Waals surface area contributed by atoms with Gasteiger partial charge in [0.05, 0.1) is 11.8 Å². The number of carbonyl (C=O) groups is 1. The van der Waals surface area contributed by atoms with Gasteiger partial charge in [-0.3, -0.25) is 4.79 Å². The van der Waals surface area contributed by atoms with Crippen molar-refractivity contribution in [2.24, 2.45) is 0 Å². The van der Waals surface area contributed by atoms with Gasteiger partial charge in [0.1, 0.15) is 5.82 Å². The van der Waals surface area contributed by atoms with Gasteiger partial charge in [0.2, 0.25) is 10.0 Å². The zero-order valence-corrected chi connectivity index (χ0v) is 15.3. The van der Waals surface area contributed by atoms with Crippen LogP contribution in [-0.4, -0.2) is 44.6 Å². The summed E-state index contributed by atoms with van der Waals surface area (Å²) in [6.07, 6.45) is 4.46. The number of piperidine rings is 1. The van der Waals surface area contributed by atoms with Crippen molar-refractivity contribution in [2.45, 2.75) is 31.7 Å². The number of amides is 1. The molecule has 2 rings (SSSR count). The Morgan fingerprint density at radius 2 is 2.17 bits per heavy atom. The van der Waals surface area contributed by atoms with Gasteiger partial charge in [-0.05, 0) is 59.8 Å². The standard InChI is InChI=1S/C15H20BrFN2O3S/c1-23(21,22)18-8-7-12-4-2-3-9-19(12)15(20)13-6-5-11(17)10-14(13)16/h5-6,10,12,18H,2-4,7-9H2,1H3. The second kappa shape index (κ2) is 7.72. The van der Waals surface area contributed by atoms with E-state index in [1.807, 2.05) is 0 Å². The van der Waals surface area contributed by atoms with Crippen LogP contribution in [0.3, 0.4) is 0 Å². The Balaban J connectivity index is 2.09. The maximum absolute atomic E-state index is 13.2. The summed E-state index contributed by atoms with van der Waals surface area (Å²) in [4.78, 5) is 14.5. The Bertz CT molecular complexity index is 681. The highest BCUT2D eigenvalue weighted by molar-refractivity contribution is 9.10. The average Bonchev–Trinajstić information content (AvgIpc) is 2.46. The molecule has 1 saturated heterocycles. The van der Waals surface area contributed by atoms with Crippen molar-refractivity contribution in [3.05, 3.63) is 34.1 Å². The number of hydrogen-bond donors (Lipinski definition) is 1. The quantitative estimate of drug-likeness (QED) is 0.816. The molecule has 1 aromatic rings. The predicted molar refractivity (Wildman–Crippen MR) is 90.2 cm³/mol. The smallest absolute Gasteiger partial charge is 0.255 e. The molecule has 1 aliphatic heterocycles.